The second-order valence-corrected chi connectivity index (χ2v) is 4.23. The standard InChI is InChI=1S/C9H16O3.C4H10/c1-2-9(11)12-8-6-4-3-5-7(8)10;1-3-4-2/h7-8,10H,2-6H2,1H3;3-4H2,1-2H3. The molecule has 0 aliphatic heterocycles. The highest BCUT2D eigenvalue weighted by Crippen LogP contribution is 2.21. The van der Waals surface area contributed by atoms with Gasteiger partial charge in [0.1, 0.15) is 6.10 Å². The fourth-order valence-corrected chi connectivity index (χ4v) is 1.47. The number of hydrogen-bond acceptors (Lipinski definition) is 3. The number of unbranched alkanes of at least 4 members (excludes halogenated alkanes) is 1. The molecule has 2 atom stereocenters. The van der Waals surface area contributed by atoms with Crippen LogP contribution in [-0.4, -0.2) is 23.3 Å². The SMILES string of the molecule is CCC(=O)OC1CCCCC1O.CCCC. The molecule has 1 rings (SSSR count). The van der Waals surface area contributed by atoms with Crippen molar-refractivity contribution in [3.05, 3.63) is 0 Å². The second kappa shape index (κ2) is 9.64. The largest absolute Gasteiger partial charge is 0.460 e. The maximum atomic E-state index is 10.9. The van der Waals surface area contributed by atoms with Crippen LogP contribution >= 0.6 is 0 Å². The third-order valence-corrected chi connectivity index (χ3v) is 2.74. The van der Waals surface area contributed by atoms with E-state index in [2.05, 4.69) is 13.8 Å². The van der Waals surface area contributed by atoms with Gasteiger partial charge in [-0.2, -0.15) is 0 Å². The Hall–Kier alpha value is -0.570. The Bertz CT molecular complexity index is 178. The van der Waals surface area contributed by atoms with Crippen LogP contribution in [0.4, 0.5) is 0 Å². The average Bonchev–Trinajstić information content (AvgIpc) is 2.32. The summed E-state index contributed by atoms with van der Waals surface area (Å²) in [5.74, 6) is -0.207. The number of aliphatic hydroxyl groups excluding tert-OH is 1. The average molecular weight is 230 g/mol. The van der Waals surface area contributed by atoms with Gasteiger partial charge in [0, 0.05) is 6.42 Å². The monoisotopic (exact) mass is 230 g/mol. The van der Waals surface area contributed by atoms with E-state index in [1.165, 1.54) is 12.8 Å². The number of rotatable bonds is 3. The van der Waals surface area contributed by atoms with E-state index in [-0.39, 0.29) is 12.1 Å². The second-order valence-electron chi connectivity index (χ2n) is 4.23. The molecule has 96 valence electrons. The first-order valence-corrected chi connectivity index (χ1v) is 6.53. The van der Waals surface area contributed by atoms with Crippen LogP contribution in [0.1, 0.15) is 65.7 Å². The highest BCUT2D eigenvalue weighted by atomic mass is 16.6. The molecule has 16 heavy (non-hydrogen) atoms. The lowest BCUT2D eigenvalue weighted by molar-refractivity contribution is -0.157. The fourth-order valence-electron chi connectivity index (χ4n) is 1.47. The van der Waals surface area contributed by atoms with Gasteiger partial charge in [-0.1, -0.05) is 40.0 Å². The van der Waals surface area contributed by atoms with E-state index in [1.54, 1.807) is 6.92 Å². The summed E-state index contributed by atoms with van der Waals surface area (Å²) in [4.78, 5) is 10.9. The van der Waals surface area contributed by atoms with E-state index in [1.807, 2.05) is 0 Å². The smallest absolute Gasteiger partial charge is 0.305 e. The normalized spacial score (nSPS) is 24.2. The van der Waals surface area contributed by atoms with Crippen LogP contribution in [0.3, 0.4) is 0 Å². The lowest BCUT2D eigenvalue weighted by Gasteiger charge is -2.26. The molecule has 0 heterocycles. The molecule has 3 nitrogen and oxygen atoms in total. The molecule has 3 heteroatoms. The molecule has 0 aromatic heterocycles. The van der Waals surface area contributed by atoms with Crippen molar-refractivity contribution >= 4 is 5.97 Å². The van der Waals surface area contributed by atoms with Crippen LogP contribution in [0, 0.1) is 0 Å². The summed E-state index contributed by atoms with van der Waals surface area (Å²) < 4.78 is 5.06. The van der Waals surface area contributed by atoms with Crippen molar-refractivity contribution in [1.29, 1.82) is 0 Å². The summed E-state index contributed by atoms with van der Waals surface area (Å²) in [6.07, 6.45) is 6.03. The molecule has 0 radical (unpaired) electrons. The van der Waals surface area contributed by atoms with Gasteiger partial charge < -0.3 is 9.84 Å². The van der Waals surface area contributed by atoms with E-state index in [9.17, 15) is 9.90 Å². The molecule has 1 fully saturated rings. The highest BCUT2D eigenvalue weighted by molar-refractivity contribution is 5.69. The van der Waals surface area contributed by atoms with E-state index in [0.717, 1.165) is 25.7 Å². The van der Waals surface area contributed by atoms with Crippen LogP contribution < -0.4 is 0 Å². The molecule has 0 aromatic rings. The fraction of sp³-hybridized carbons (Fsp3) is 0.923. The molecular weight excluding hydrogens is 204 g/mol. The molecule has 1 saturated carbocycles. The molecule has 1 aliphatic carbocycles. The number of aliphatic hydroxyl groups is 1. The number of hydrogen-bond donors (Lipinski definition) is 1. The Balaban J connectivity index is 0.000000487. The number of carbonyl (C=O) groups is 1. The quantitative estimate of drug-likeness (QED) is 0.758. The molecule has 0 saturated heterocycles. The van der Waals surface area contributed by atoms with Crippen molar-refractivity contribution in [3.8, 4) is 0 Å². The molecule has 1 aliphatic rings. The van der Waals surface area contributed by atoms with Gasteiger partial charge in [-0.05, 0) is 19.3 Å². The molecule has 0 aromatic carbocycles. The highest BCUT2D eigenvalue weighted by Gasteiger charge is 2.25. The Labute approximate surface area is 99.2 Å². The minimum atomic E-state index is -0.436. The van der Waals surface area contributed by atoms with Gasteiger partial charge in [-0.3, -0.25) is 4.79 Å². The third-order valence-electron chi connectivity index (χ3n) is 2.74. The number of esters is 1. The molecule has 0 spiro atoms. The lowest BCUT2D eigenvalue weighted by atomic mass is 9.95. The molecule has 0 amide bonds. The van der Waals surface area contributed by atoms with Crippen LogP contribution in [0.25, 0.3) is 0 Å². The van der Waals surface area contributed by atoms with Crippen molar-refractivity contribution in [3.63, 3.8) is 0 Å². The van der Waals surface area contributed by atoms with Gasteiger partial charge in [0.2, 0.25) is 0 Å². The van der Waals surface area contributed by atoms with E-state index in [4.69, 9.17) is 4.74 Å². The van der Waals surface area contributed by atoms with Crippen LogP contribution in [0.5, 0.6) is 0 Å². The maximum Gasteiger partial charge on any atom is 0.305 e. The first kappa shape index (κ1) is 15.4. The van der Waals surface area contributed by atoms with E-state index in [0.29, 0.717) is 6.42 Å². The summed E-state index contributed by atoms with van der Waals surface area (Å²) in [7, 11) is 0. The van der Waals surface area contributed by atoms with Crippen molar-refractivity contribution < 1.29 is 14.6 Å². The van der Waals surface area contributed by atoms with Gasteiger partial charge in [0.15, 0.2) is 0 Å². The number of carbonyl (C=O) groups excluding carboxylic acids is 1. The number of ether oxygens (including phenoxy) is 1. The van der Waals surface area contributed by atoms with Gasteiger partial charge in [0.25, 0.3) is 0 Å². The third kappa shape index (κ3) is 6.83. The zero-order valence-corrected chi connectivity index (χ0v) is 10.9. The summed E-state index contributed by atoms with van der Waals surface area (Å²) in [6.45, 7) is 6.12. The molecule has 1 N–H and O–H groups in total. The van der Waals surface area contributed by atoms with Gasteiger partial charge >= 0.3 is 5.97 Å². The Morgan fingerprint density at radius 1 is 1.19 bits per heavy atom. The van der Waals surface area contributed by atoms with Gasteiger partial charge in [0.05, 0.1) is 6.10 Å². The van der Waals surface area contributed by atoms with Crippen molar-refractivity contribution in [2.24, 2.45) is 0 Å². The summed E-state index contributed by atoms with van der Waals surface area (Å²) in [5, 5.41) is 9.44. The van der Waals surface area contributed by atoms with Crippen LogP contribution in [-0.2, 0) is 9.53 Å². The van der Waals surface area contributed by atoms with Gasteiger partial charge in [-0.15, -0.1) is 0 Å². The predicted octanol–water partition coefficient (Wildman–Crippen LogP) is 3.05. The Kier molecular flexibility index (Phi) is 9.30. The van der Waals surface area contributed by atoms with Crippen LogP contribution in [0.2, 0.25) is 0 Å². The Morgan fingerprint density at radius 2 is 1.75 bits per heavy atom. The summed E-state index contributed by atoms with van der Waals surface area (Å²) in [5.41, 5.74) is 0. The Morgan fingerprint density at radius 3 is 2.19 bits per heavy atom. The van der Waals surface area contributed by atoms with E-state index >= 15 is 0 Å². The van der Waals surface area contributed by atoms with E-state index < -0.39 is 6.10 Å². The summed E-state index contributed by atoms with van der Waals surface area (Å²) >= 11 is 0. The zero-order chi connectivity index (χ0) is 12.4. The molecule has 2 unspecified atom stereocenters. The van der Waals surface area contributed by atoms with Crippen molar-refractivity contribution in [2.45, 2.75) is 77.9 Å². The van der Waals surface area contributed by atoms with Crippen molar-refractivity contribution in [1.82, 2.24) is 0 Å². The molecular formula is C13H26O3. The summed E-state index contributed by atoms with van der Waals surface area (Å²) in [6, 6.07) is 0. The maximum absolute atomic E-state index is 10.9. The van der Waals surface area contributed by atoms with Crippen LogP contribution in [0.15, 0.2) is 0 Å². The lowest BCUT2D eigenvalue weighted by Crippen LogP contribution is -2.33. The minimum absolute atomic E-state index is 0.207. The van der Waals surface area contributed by atoms with Crippen molar-refractivity contribution in [2.75, 3.05) is 0 Å². The van der Waals surface area contributed by atoms with Gasteiger partial charge in [-0.25, -0.2) is 0 Å². The predicted molar refractivity (Wildman–Crippen MR) is 65.2 cm³/mol. The zero-order valence-electron chi connectivity index (χ0n) is 10.9. The first-order chi connectivity index (χ1) is 7.65. The first-order valence-electron chi connectivity index (χ1n) is 6.53. The minimum Gasteiger partial charge on any atom is -0.460 e. The topological polar surface area (TPSA) is 46.5 Å². The molecule has 0 bridgehead atoms.